The zero-order valence-electron chi connectivity index (χ0n) is 18.2. The Morgan fingerprint density at radius 2 is 1.94 bits per heavy atom. The number of rotatable bonds is 7. The maximum atomic E-state index is 5.75. The Labute approximate surface area is 197 Å². The molecule has 164 valence electrons. The third-order valence-corrected chi connectivity index (χ3v) is 6.44. The summed E-state index contributed by atoms with van der Waals surface area (Å²) in [5.41, 5.74) is 3.77. The fourth-order valence-electron chi connectivity index (χ4n) is 3.64. The van der Waals surface area contributed by atoms with Crippen molar-refractivity contribution in [3.63, 3.8) is 0 Å². The van der Waals surface area contributed by atoms with Gasteiger partial charge < -0.3 is 19.5 Å². The maximum absolute atomic E-state index is 5.75. The molecular weight excluding hydrogens is 440 g/mol. The Bertz CT molecular complexity index is 1150. The largest absolute Gasteiger partial charge is 0.497 e. The number of nitrogens with one attached hydrogen (secondary N) is 1. The summed E-state index contributed by atoms with van der Waals surface area (Å²) >= 11 is 7.36. The van der Waals surface area contributed by atoms with Crippen molar-refractivity contribution in [1.82, 2.24) is 20.4 Å². The van der Waals surface area contributed by atoms with Crippen LogP contribution in [-0.2, 0) is 0 Å². The third-order valence-electron chi connectivity index (χ3n) is 5.36. The van der Waals surface area contributed by atoms with Gasteiger partial charge in [-0.15, -0.1) is 18.3 Å². The van der Waals surface area contributed by atoms with Crippen LogP contribution in [0.1, 0.15) is 24.4 Å². The first-order valence-electron chi connectivity index (χ1n) is 10.1. The molecule has 1 unspecified atom stereocenters. The average Bonchev–Trinajstić information content (AvgIpc) is 3.31. The average molecular weight is 465 g/mol. The van der Waals surface area contributed by atoms with Crippen molar-refractivity contribution in [2.45, 2.75) is 17.9 Å². The van der Waals surface area contributed by atoms with Crippen molar-refractivity contribution in [2.24, 2.45) is 0 Å². The normalized spacial score (nSPS) is 16.2. The summed E-state index contributed by atoms with van der Waals surface area (Å²) in [5.74, 6) is 1.74. The predicted molar refractivity (Wildman–Crippen MR) is 132 cm³/mol. The Hall–Kier alpha value is -3.10. The number of thioether (sulfide) groups is 1. The SMILES string of the molecule is C=CCN1C(=S)NC(c2ccc(SC)cc2)C(c2nc(-c3ccc(OC)cc3)no2)=C1C. The number of ether oxygens (including phenoxy) is 1. The second-order valence-electron chi connectivity index (χ2n) is 7.21. The number of methoxy groups -OCH3 is 1. The van der Waals surface area contributed by atoms with Gasteiger partial charge in [-0.3, -0.25) is 0 Å². The number of hydrogen-bond acceptors (Lipinski definition) is 6. The first-order chi connectivity index (χ1) is 15.5. The summed E-state index contributed by atoms with van der Waals surface area (Å²) in [4.78, 5) is 7.91. The van der Waals surface area contributed by atoms with Crippen molar-refractivity contribution in [3.8, 4) is 17.1 Å². The molecule has 0 spiro atoms. The first-order valence-corrected chi connectivity index (χ1v) is 11.7. The number of nitrogens with zero attached hydrogens (tertiary/aromatic N) is 3. The summed E-state index contributed by atoms with van der Waals surface area (Å²) in [5, 5.41) is 8.32. The lowest BCUT2D eigenvalue weighted by Crippen LogP contribution is -2.45. The molecule has 0 aliphatic carbocycles. The highest BCUT2D eigenvalue weighted by Gasteiger charge is 2.33. The van der Waals surface area contributed by atoms with E-state index in [0.717, 1.165) is 28.1 Å². The number of allylic oxidation sites excluding steroid dienone is 1. The van der Waals surface area contributed by atoms with Gasteiger partial charge in [0.25, 0.3) is 5.89 Å². The molecule has 0 saturated carbocycles. The molecule has 4 rings (SSSR count). The van der Waals surface area contributed by atoms with Gasteiger partial charge in [-0.05, 0) is 67.4 Å². The molecule has 2 aromatic carbocycles. The Kier molecular flexibility index (Phi) is 6.62. The minimum absolute atomic E-state index is 0.205. The molecule has 0 amide bonds. The Morgan fingerprint density at radius 1 is 1.22 bits per heavy atom. The highest BCUT2D eigenvalue weighted by atomic mass is 32.2. The van der Waals surface area contributed by atoms with Crippen LogP contribution in [0, 0.1) is 0 Å². The van der Waals surface area contributed by atoms with Crippen molar-refractivity contribution in [3.05, 3.63) is 78.3 Å². The molecule has 0 fully saturated rings. The van der Waals surface area contributed by atoms with E-state index in [1.165, 1.54) is 4.90 Å². The van der Waals surface area contributed by atoms with E-state index in [9.17, 15) is 0 Å². The monoisotopic (exact) mass is 464 g/mol. The maximum Gasteiger partial charge on any atom is 0.258 e. The van der Waals surface area contributed by atoms with Gasteiger partial charge in [-0.1, -0.05) is 23.4 Å². The fourth-order valence-corrected chi connectivity index (χ4v) is 4.38. The number of thiocarbonyl (C=S) groups is 1. The summed E-state index contributed by atoms with van der Waals surface area (Å²) in [6.45, 7) is 6.46. The molecule has 1 N–H and O–H groups in total. The van der Waals surface area contributed by atoms with Crippen LogP contribution in [0.3, 0.4) is 0 Å². The summed E-state index contributed by atoms with van der Waals surface area (Å²) in [6.07, 6.45) is 3.88. The van der Waals surface area contributed by atoms with Crippen LogP contribution in [0.4, 0.5) is 0 Å². The van der Waals surface area contributed by atoms with Gasteiger partial charge in [0.1, 0.15) is 5.75 Å². The van der Waals surface area contributed by atoms with Crippen molar-refractivity contribution in [1.29, 1.82) is 0 Å². The van der Waals surface area contributed by atoms with E-state index in [1.807, 2.05) is 42.2 Å². The molecule has 1 aliphatic heterocycles. The molecule has 0 saturated heterocycles. The zero-order valence-corrected chi connectivity index (χ0v) is 19.8. The van der Waals surface area contributed by atoms with Crippen LogP contribution in [0.15, 0.2) is 76.3 Å². The standard InChI is InChI=1S/C24H24N4O2S2/c1-5-14-28-15(2)20(21(25-24(28)31)16-8-12-19(32-4)13-9-16)23-26-22(27-30-23)17-6-10-18(29-3)11-7-17/h5-13,21H,1,14H2,2-4H3,(H,25,31). The van der Waals surface area contributed by atoms with Gasteiger partial charge in [-0.25, -0.2) is 0 Å². The van der Waals surface area contributed by atoms with Gasteiger partial charge in [0.15, 0.2) is 5.11 Å². The molecule has 3 aromatic rings. The molecular formula is C24H24N4O2S2. The van der Waals surface area contributed by atoms with E-state index in [2.05, 4.69) is 47.6 Å². The predicted octanol–water partition coefficient (Wildman–Crippen LogP) is 5.32. The van der Waals surface area contributed by atoms with Crippen molar-refractivity contribution in [2.75, 3.05) is 19.9 Å². The minimum atomic E-state index is -0.205. The number of hydrogen-bond donors (Lipinski definition) is 1. The van der Waals surface area contributed by atoms with Crippen molar-refractivity contribution >= 4 is 34.7 Å². The molecule has 0 bridgehead atoms. The molecule has 2 heterocycles. The Morgan fingerprint density at radius 3 is 2.56 bits per heavy atom. The van der Waals surface area contributed by atoms with Crippen molar-refractivity contribution < 1.29 is 9.26 Å². The van der Waals surface area contributed by atoms with E-state index >= 15 is 0 Å². The van der Waals surface area contributed by atoms with Gasteiger partial charge in [0.2, 0.25) is 5.82 Å². The molecule has 1 aliphatic rings. The van der Waals surface area contributed by atoms with Crippen LogP contribution in [-0.4, -0.2) is 40.1 Å². The molecule has 8 heteroatoms. The highest BCUT2D eigenvalue weighted by molar-refractivity contribution is 7.98. The summed E-state index contributed by atoms with van der Waals surface area (Å²) in [6, 6.07) is 15.8. The fraction of sp³-hybridized carbons (Fsp3) is 0.208. The van der Waals surface area contributed by atoms with Crippen LogP contribution in [0.5, 0.6) is 5.75 Å². The van der Waals surface area contributed by atoms with E-state index in [4.69, 9.17) is 26.5 Å². The third kappa shape index (κ3) is 4.28. The van der Waals surface area contributed by atoms with E-state index in [-0.39, 0.29) is 6.04 Å². The summed E-state index contributed by atoms with van der Waals surface area (Å²) in [7, 11) is 1.64. The second kappa shape index (κ2) is 9.58. The lowest BCUT2D eigenvalue weighted by molar-refractivity contribution is 0.399. The van der Waals surface area contributed by atoms with Crippen LogP contribution in [0.2, 0.25) is 0 Å². The molecule has 0 radical (unpaired) electrons. The van der Waals surface area contributed by atoms with Gasteiger partial charge in [0.05, 0.1) is 18.7 Å². The van der Waals surface area contributed by atoms with Crippen LogP contribution < -0.4 is 10.1 Å². The van der Waals surface area contributed by atoms with Crippen LogP contribution >= 0.6 is 24.0 Å². The molecule has 1 atom stereocenters. The molecule has 6 nitrogen and oxygen atoms in total. The van der Waals surface area contributed by atoms with Gasteiger partial charge in [0, 0.05) is 22.7 Å². The first kappa shape index (κ1) is 22.1. The smallest absolute Gasteiger partial charge is 0.258 e. The highest BCUT2D eigenvalue weighted by Crippen LogP contribution is 2.37. The minimum Gasteiger partial charge on any atom is -0.497 e. The number of aromatic nitrogens is 2. The van der Waals surface area contributed by atoms with Gasteiger partial charge >= 0.3 is 0 Å². The quantitative estimate of drug-likeness (QED) is 0.287. The number of benzene rings is 2. The van der Waals surface area contributed by atoms with Gasteiger partial charge in [-0.2, -0.15) is 4.98 Å². The molecule has 1 aromatic heterocycles. The zero-order chi connectivity index (χ0) is 22.7. The van der Waals surface area contributed by atoms with E-state index in [1.54, 1.807) is 18.9 Å². The lowest BCUT2D eigenvalue weighted by atomic mass is 9.95. The van der Waals surface area contributed by atoms with E-state index in [0.29, 0.717) is 23.4 Å². The van der Waals surface area contributed by atoms with E-state index < -0.39 is 0 Å². The lowest BCUT2D eigenvalue weighted by Gasteiger charge is -2.36. The molecule has 32 heavy (non-hydrogen) atoms. The Balaban J connectivity index is 1.77. The van der Waals surface area contributed by atoms with Crippen LogP contribution in [0.25, 0.3) is 17.0 Å². The summed E-state index contributed by atoms with van der Waals surface area (Å²) < 4.78 is 11.0. The second-order valence-corrected chi connectivity index (χ2v) is 8.47. The topological polar surface area (TPSA) is 63.4 Å².